The largest absolute Gasteiger partial charge is 0.497 e. The number of likely N-dealkylation sites (tertiary alicyclic amines) is 1. The van der Waals surface area contributed by atoms with Crippen LogP contribution in [0.4, 0.5) is 0 Å². The Labute approximate surface area is 169 Å². The molecule has 1 saturated heterocycles. The van der Waals surface area contributed by atoms with Crippen molar-refractivity contribution in [3.8, 4) is 11.5 Å². The molecule has 29 heavy (non-hydrogen) atoms. The molecule has 3 rings (SSSR count). The first kappa shape index (κ1) is 20.4. The Bertz CT molecular complexity index is 858. The Kier molecular flexibility index (Phi) is 5.87. The van der Waals surface area contributed by atoms with Gasteiger partial charge in [0.25, 0.3) is 0 Å². The molecule has 1 aliphatic heterocycles. The van der Waals surface area contributed by atoms with E-state index in [1.54, 1.807) is 38.5 Å². The highest BCUT2D eigenvalue weighted by molar-refractivity contribution is 6.05. The molecule has 7 heteroatoms. The number of benzene rings is 2. The van der Waals surface area contributed by atoms with Crippen molar-refractivity contribution in [2.24, 2.45) is 5.92 Å². The number of methoxy groups -OCH3 is 2. The minimum Gasteiger partial charge on any atom is -0.497 e. The maximum Gasteiger partial charge on any atom is 0.304 e. The van der Waals surface area contributed by atoms with Gasteiger partial charge in [0.15, 0.2) is 12.1 Å². The molecule has 0 spiro atoms. The van der Waals surface area contributed by atoms with Gasteiger partial charge in [-0.25, -0.2) is 0 Å². The number of nitrogens with zero attached hydrogens (tertiary/aromatic N) is 1. The van der Waals surface area contributed by atoms with E-state index in [0.29, 0.717) is 11.5 Å². The normalized spacial score (nSPS) is 18.2. The average Bonchev–Trinajstić information content (AvgIpc) is 2.71. The van der Waals surface area contributed by atoms with E-state index in [9.17, 15) is 14.4 Å². The summed E-state index contributed by atoms with van der Waals surface area (Å²) < 4.78 is 15.8. The topological polar surface area (TPSA) is 82.1 Å². The molecule has 0 aromatic heterocycles. The molecule has 0 bridgehead atoms. The predicted molar refractivity (Wildman–Crippen MR) is 104 cm³/mol. The molecular formula is C22H23NO6. The second-order valence-electron chi connectivity index (χ2n) is 6.78. The highest BCUT2D eigenvalue weighted by Gasteiger charge is 2.55. The molecule has 0 saturated carbocycles. The van der Waals surface area contributed by atoms with Crippen LogP contribution in [0.5, 0.6) is 11.5 Å². The monoisotopic (exact) mass is 397 g/mol. The predicted octanol–water partition coefficient (Wildman–Crippen LogP) is 2.73. The minimum absolute atomic E-state index is 0.333. The van der Waals surface area contributed by atoms with Gasteiger partial charge in [-0.1, -0.05) is 24.3 Å². The summed E-state index contributed by atoms with van der Waals surface area (Å²) in [4.78, 5) is 37.9. The molecule has 2 atom stereocenters. The smallest absolute Gasteiger partial charge is 0.304 e. The zero-order chi connectivity index (χ0) is 21.1. The van der Waals surface area contributed by atoms with E-state index >= 15 is 0 Å². The van der Waals surface area contributed by atoms with Gasteiger partial charge in [0.1, 0.15) is 17.3 Å². The lowest BCUT2D eigenvalue weighted by atomic mass is 9.85. The van der Waals surface area contributed by atoms with E-state index in [1.165, 1.54) is 18.7 Å². The number of esters is 1. The Hall–Kier alpha value is -3.35. The third-order valence-electron chi connectivity index (χ3n) is 4.95. The lowest BCUT2D eigenvalue weighted by Crippen LogP contribution is -2.65. The Morgan fingerprint density at radius 1 is 0.862 bits per heavy atom. The van der Waals surface area contributed by atoms with Gasteiger partial charge in [0.05, 0.1) is 20.3 Å². The van der Waals surface area contributed by atoms with Crippen LogP contribution in [0.15, 0.2) is 48.5 Å². The highest BCUT2D eigenvalue weighted by atomic mass is 16.6. The van der Waals surface area contributed by atoms with Gasteiger partial charge in [-0.15, -0.1) is 0 Å². The van der Waals surface area contributed by atoms with E-state index in [-0.39, 0.29) is 11.7 Å². The quantitative estimate of drug-likeness (QED) is 0.406. The summed E-state index contributed by atoms with van der Waals surface area (Å²) in [6, 6.07) is 14.0. The van der Waals surface area contributed by atoms with Crippen molar-refractivity contribution in [2.45, 2.75) is 26.1 Å². The second-order valence-corrected chi connectivity index (χ2v) is 6.78. The fraction of sp³-hybridized carbons (Fsp3) is 0.318. The van der Waals surface area contributed by atoms with Gasteiger partial charge in [-0.2, -0.15) is 0 Å². The van der Waals surface area contributed by atoms with Crippen molar-refractivity contribution in [1.82, 2.24) is 4.90 Å². The van der Waals surface area contributed by atoms with Crippen molar-refractivity contribution in [2.75, 3.05) is 14.2 Å². The van der Waals surface area contributed by atoms with Crippen LogP contribution in [0.1, 0.15) is 31.0 Å². The van der Waals surface area contributed by atoms with Gasteiger partial charge in [0, 0.05) is 6.92 Å². The summed E-state index contributed by atoms with van der Waals surface area (Å²) in [6.45, 7) is 2.58. The maximum atomic E-state index is 12.9. The molecule has 1 amide bonds. The van der Waals surface area contributed by atoms with Crippen LogP contribution in [0.2, 0.25) is 0 Å². The van der Waals surface area contributed by atoms with Crippen molar-refractivity contribution < 1.29 is 28.6 Å². The molecule has 2 unspecified atom stereocenters. The van der Waals surface area contributed by atoms with Crippen LogP contribution in [0.25, 0.3) is 0 Å². The van der Waals surface area contributed by atoms with Crippen LogP contribution >= 0.6 is 0 Å². The number of hydrogen-bond donors (Lipinski definition) is 0. The molecule has 2 aromatic carbocycles. The molecule has 7 nitrogen and oxygen atoms in total. The van der Waals surface area contributed by atoms with Crippen LogP contribution in [0.3, 0.4) is 0 Å². The molecule has 1 heterocycles. The highest BCUT2D eigenvalue weighted by Crippen LogP contribution is 2.41. The van der Waals surface area contributed by atoms with E-state index < -0.39 is 24.2 Å². The van der Waals surface area contributed by atoms with Gasteiger partial charge >= 0.3 is 5.97 Å². The number of rotatable bonds is 7. The summed E-state index contributed by atoms with van der Waals surface area (Å²) in [5.74, 6) is -0.897. The lowest BCUT2D eigenvalue weighted by Gasteiger charge is -2.49. The number of carbonyl (C=O) groups excluding carboxylic acids is 3. The maximum absolute atomic E-state index is 12.9. The van der Waals surface area contributed by atoms with Crippen molar-refractivity contribution in [3.63, 3.8) is 0 Å². The lowest BCUT2D eigenvalue weighted by molar-refractivity contribution is -0.201. The van der Waals surface area contributed by atoms with Crippen LogP contribution in [-0.4, -0.2) is 43.0 Å². The minimum atomic E-state index is -0.988. The van der Waals surface area contributed by atoms with Gasteiger partial charge in [-0.05, 0) is 42.3 Å². The van der Waals surface area contributed by atoms with Crippen LogP contribution in [0, 0.1) is 5.92 Å². The zero-order valence-corrected chi connectivity index (χ0v) is 16.7. The molecule has 0 N–H and O–H groups in total. The summed E-state index contributed by atoms with van der Waals surface area (Å²) in [5, 5.41) is 0. The van der Waals surface area contributed by atoms with Gasteiger partial charge < -0.3 is 14.2 Å². The number of amides is 1. The molecule has 1 aliphatic rings. The molecule has 0 aliphatic carbocycles. The van der Waals surface area contributed by atoms with E-state index in [4.69, 9.17) is 14.2 Å². The fourth-order valence-corrected chi connectivity index (χ4v) is 3.52. The Morgan fingerprint density at radius 2 is 1.31 bits per heavy atom. The summed E-state index contributed by atoms with van der Waals surface area (Å²) >= 11 is 0. The molecule has 1 fully saturated rings. The number of β-lactam (4-membered cyclic amide) rings is 1. The molecule has 2 aromatic rings. The first-order valence-corrected chi connectivity index (χ1v) is 9.15. The third-order valence-corrected chi connectivity index (χ3v) is 4.95. The number of ketones is 1. The number of ether oxygens (including phenoxy) is 3. The van der Waals surface area contributed by atoms with Gasteiger partial charge in [0.2, 0.25) is 5.91 Å². The van der Waals surface area contributed by atoms with Crippen molar-refractivity contribution in [3.05, 3.63) is 59.7 Å². The number of hydrogen-bond acceptors (Lipinski definition) is 6. The summed E-state index contributed by atoms with van der Waals surface area (Å²) in [6.07, 6.45) is -0.952. The van der Waals surface area contributed by atoms with Gasteiger partial charge in [-0.3, -0.25) is 19.3 Å². The van der Waals surface area contributed by atoms with E-state index in [2.05, 4.69) is 0 Å². The number of carbonyl (C=O) groups is 3. The fourth-order valence-electron chi connectivity index (χ4n) is 3.52. The number of Topliss-reactive ketones (excluding diaryl/α,β-unsaturated/α-hetero) is 1. The first-order chi connectivity index (χ1) is 13.9. The zero-order valence-electron chi connectivity index (χ0n) is 16.7. The summed E-state index contributed by atoms with van der Waals surface area (Å²) in [5.41, 5.74) is 1.59. The second kappa shape index (κ2) is 8.34. The van der Waals surface area contributed by atoms with Crippen LogP contribution in [-0.2, 0) is 19.1 Å². The molecule has 0 radical (unpaired) electrons. The first-order valence-electron chi connectivity index (χ1n) is 9.15. The summed E-state index contributed by atoms with van der Waals surface area (Å²) in [7, 11) is 3.15. The Morgan fingerprint density at radius 3 is 1.66 bits per heavy atom. The van der Waals surface area contributed by atoms with E-state index in [1.807, 2.05) is 24.3 Å². The van der Waals surface area contributed by atoms with Crippen molar-refractivity contribution >= 4 is 17.7 Å². The van der Waals surface area contributed by atoms with Crippen LogP contribution < -0.4 is 9.47 Å². The standard InChI is InChI=1S/C22H23NO6/c1-13(24)19-21(26)23(22(19)29-14(2)25)20(15-5-9-17(27-3)10-6-15)16-7-11-18(28-4)12-8-16/h5-12,19-20,22H,1-4H3. The molecule has 152 valence electrons. The third kappa shape index (κ3) is 3.94. The SMILES string of the molecule is COc1ccc(C(c2ccc(OC)cc2)N2C(=O)C(C(C)=O)C2OC(C)=O)cc1. The van der Waals surface area contributed by atoms with E-state index in [0.717, 1.165) is 11.1 Å². The average molecular weight is 397 g/mol. The Balaban J connectivity index is 2.06. The molecular weight excluding hydrogens is 374 g/mol. The van der Waals surface area contributed by atoms with Crippen molar-refractivity contribution in [1.29, 1.82) is 0 Å².